The molecule has 1 aromatic carbocycles. The Morgan fingerprint density at radius 2 is 1.88 bits per heavy atom. The molecule has 134 valence electrons. The van der Waals surface area contributed by atoms with Gasteiger partial charge in [-0.3, -0.25) is 14.6 Å². The van der Waals surface area contributed by atoms with E-state index in [0.29, 0.717) is 6.54 Å². The van der Waals surface area contributed by atoms with E-state index in [1.165, 1.54) is 11.1 Å². The molecule has 1 aliphatic heterocycles. The summed E-state index contributed by atoms with van der Waals surface area (Å²) < 4.78 is 5.40. The topological polar surface area (TPSA) is 44.8 Å². The first-order valence-electron chi connectivity index (χ1n) is 8.97. The van der Waals surface area contributed by atoms with Crippen LogP contribution in [-0.4, -0.2) is 68.2 Å². The minimum atomic E-state index is 0.0474. The lowest BCUT2D eigenvalue weighted by Gasteiger charge is -2.34. The summed E-state index contributed by atoms with van der Waals surface area (Å²) in [7, 11) is 0. The highest BCUT2D eigenvalue weighted by Crippen LogP contribution is 2.16. The van der Waals surface area contributed by atoms with E-state index in [-0.39, 0.29) is 11.9 Å². The zero-order chi connectivity index (χ0) is 17.4. The maximum atomic E-state index is 12.3. The van der Waals surface area contributed by atoms with Crippen molar-refractivity contribution in [3.8, 4) is 0 Å². The van der Waals surface area contributed by atoms with Crippen molar-refractivity contribution in [1.29, 1.82) is 0 Å². The second kappa shape index (κ2) is 9.77. The van der Waals surface area contributed by atoms with Gasteiger partial charge in [0.1, 0.15) is 0 Å². The average molecular weight is 333 g/mol. The van der Waals surface area contributed by atoms with Crippen LogP contribution in [0.4, 0.5) is 0 Å². The van der Waals surface area contributed by atoms with Crippen LogP contribution in [0.15, 0.2) is 24.3 Å². The molecule has 1 atom stereocenters. The Morgan fingerprint density at radius 1 is 1.21 bits per heavy atom. The van der Waals surface area contributed by atoms with Gasteiger partial charge in [-0.1, -0.05) is 24.3 Å². The van der Waals surface area contributed by atoms with E-state index in [1.54, 1.807) is 0 Å². The summed E-state index contributed by atoms with van der Waals surface area (Å²) in [4.78, 5) is 16.9. The molecular weight excluding hydrogens is 302 g/mol. The average Bonchev–Trinajstić information content (AvgIpc) is 2.57. The molecule has 0 radical (unpaired) electrons. The van der Waals surface area contributed by atoms with Gasteiger partial charge in [0.25, 0.3) is 0 Å². The molecule has 24 heavy (non-hydrogen) atoms. The van der Waals surface area contributed by atoms with Crippen LogP contribution in [0.25, 0.3) is 0 Å². The van der Waals surface area contributed by atoms with Crippen molar-refractivity contribution in [1.82, 2.24) is 15.1 Å². The van der Waals surface area contributed by atoms with Gasteiger partial charge >= 0.3 is 0 Å². The van der Waals surface area contributed by atoms with Crippen LogP contribution in [0.2, 0.25) is 0 Å². The fraction of sp³-hybridized carbons (Fsp3) is 0.632. The number of hydrogen-bond acceptors (Lipinski definition) is 4. The van der Waals surface area contributed by atoms with E-state index >= 15 is 0 Å². The summed E-state index contributed by atoms with van der Waals surface area (Å²) in [6.45, 7) is 13.1. The van der Waals surface area contributed by atoms with Gasteiger partial charge in [-0.15, -0.1) is 0 Å². The number of hydrogen-bond donors (Lipinski definition) is 1. The number of rotatable bonds is 8. The SMILES string of the molecule is CCOCCN1CCN(CC(=O)NC(C)c2ccccc2C)CC1. The van der Waals surface area contributed by atoms with Crippen molar-refractivity contribution in [3.05, 3.63) is 35.4 Å². The molecule has 1 unspecified atom stereocenters. The summed E-state index contributed by atoms with van der Waals surface area (Å²) in [5.74, 6) is 0.105. The zero-order valence-corrected chi connectivity index (χ0v) is 15.3. The van der Waals surface area contributed by atoms with Gasteiger partial charge < -0.3 is 10.1 Å². The van der Waals surface area contributed by atoms with Crippen molar-refractivity contribution < 1.29 is 9.53 Å². The summed E-state index contributed by atoms with van der Waals surface area (Å²) >= 11 is 0. The molecule has 0 spiro atoms. The highest BCUT2D eigenvalue weighted by Gasteiger charge is 2.19. The highest BCUT2D eigenvalue weighted by molar-refractivity contribution is 5.78. The number of piperazine rings is 1. The predicted molar refractivity (Wildman–Crippen MR) is 97.1 cm³/mol. The van der Waals surface area contributed by atoms with Crippen LogP contribution in [0.5, 0.6) is 0 Å². The van der Waals surface area contributed by atoms with Crippen LogP contribution < -0.4 is 5.32 Å². The largest absolute Gasteiger partial charge is 0.380 e. The lowest BCUT2D eigenvalue weighted by molar-refractivity contribution is -0.123. The summed E-state index contributed by atoms with van der Waals surface area (Å²) in [5.41, 5.74) is 2.40. The molecule has 0 bridgehead atoms. The molecule has 2 rings (SSSR count). The normalized spacial score (nSPS) is 17.6. The Morgan fingerprint density at radius 3 is 2.54 bits per heavy atom. The Balaban J connectivity index is 1.71. The number of carbonyl (C=O) groups excluding carboxylic acids is 1. The molecule has 1 N–H and O–H groups in total. The molecule has 1 aromatic rings. The summed E-state index contributed by atoms with van der Waals surface area (Å²) in [6.07, 6.45) is 0. The number of benzene rings is 1. The maximum absolute atomic E-state index is 12.3. The fourth-order valence-corrected chi connectivity index (χ4v) is 3.15. The van der Waals surface area contributed by atoms with Crippen LogP contribution >= 0.6 is 0 Å². The van der Waals surface area contributed by atoms with E-state index in [1.807, 2.05) is 26.0 Å². The minimum absolute atomic E-state index is 0.0474. The summed E-state index contributed by atoms with van der Waals surface area (Å²) in [6, 6.07) is 8.26. The van der Waals surface area contributed by atoms with Gasteiger partial charge in [0.15, 0.2) is 0 Å². The lowest BCUT2D eigenvalue weighted by atomic mass is 10.0. The second-order valence-corrected chi connectivity index (χ2v) is 6.46. The van der Waals surface area contributed by atoms with Gasteiger partial charge in [-0.2, -0.15) is 0 Å². The lowest BCUT2D eigenvalue weighted by Crippen LogP contribution is -2.50. The predicted octanol–water partition coefficient (Wildman–Crippen LogP) is 1.83. The Kier molecular flexibility index (Phi) is 7.69. The molecule has 0 aliphatic carbocycles. The third kappa shape index (κ3) is 5.89. The van der Waals surface area contributed by atoms with Gasteiger partial charge in [0, 0.05) is 39.3 Å². The Labute approximate surface area is 146 Å². The van der Waals surface area contributed by atoms with Crippen molar-refractivity contribution in [2.45, 2.75) is 26.8 Å². The van der Waals surface area contributed by atoms with E-state index in [2.05, 4.69) is 34.2 Å². The molecule has 1 heterocycles. The molecule has 0 saturated carbocycles. The first-order chi connectivity index (χ1) is 11.6. The van der Waals surface area contributed by atoms with Gasteiger partial charge in [-0.25, -0.2) is 0 Å². The smallest absolute Gasteiger partial charge is 0.234 e. The van der Waals surface area contributed by atoms with Gasteiger partial charge in [0.05, 0.1) is 19.2 Å². The standard InChI is InChI=1S/C19H31N3O2/c1-4-24-14-13-21-9-11-22(12-10-21)15-19(23)20-17(3)18-8-6-5-7-16(18)2/h5-8,17H,4,9-15H2,1-3H3,(H,20,23). The first kappa shape index (κ1) is 18.9. The van der Waals surface area contributed by atoms with E-state index in [9.17, 15) is 4.79 Å². The number of carbonyl (C=O) groups is 1. The van der Waals surface area contributed by atoms with Gasteiger partial charge in [-0.05, 0) is 31.9 Å². The highest BCUT2D eigenvalue weighted by atomic mass is 16.5. The van der Waals surface area contributed by atoms with E-state index in [4.69, 9.17) is 4.74 Å². The Bertz CT molecular complexity index is 513. The number of aryl methyl sites for hydroxylation is 1. The molecule has 5 heteroatoms. The van der Waals surface area contributed by atoms with Crippen LogP contribution in [0.1, 0.15) is 31.0 Å². The van der Waals surface area contributed by atoms with Crippen molar-refractivity contribution in [2.24, 2.45) is 0 Å². The zero-order valence-electron chi connectivity index (χ0n) is 15.3. The van der Waals surface area contributed by atoms with Crippen LogP contribution in [0, 0.1) is 6.92 Å². The minimum Gasteiger partial charge on any atom is -0.380 e. The number of nitrogens with one attached hydrogen (secondary N) is 1. The first-order valence-corrected chi connectivity index (χ1v) is 8.97. The van der Waals surface area contributed by atoms with Crippen LogP contribution in [-0.2, 0) is 9.53 Å². The van der Waals surface area contributed by atoms with Crippen molar-refractivity contribution in [3.63, 3.8) is 0 Å². The number of nitrogens with zero attached hydrogens (tertiary/aromatic N) is 2. The summed E-state index contributed by atoms with van der Waals surface area (Å²) in [5, 5.41) is 3.12. The monoisotopic (exact) mass is 333 g/mol. The van der Waals surface area contributed by atoms with Crippen molar-refractivity contribution in [2.75, 3.05) is 52.5 Å². The molecular formula is C19H31N3O2. The van der Waals surface area contributed by atoms with Crippen LogP contribution in [0.3, 0.4) is 0 Å². The second-order valence-electron chi connectivity index (χ2n) is 6.46. The molecule has 1 aliphatic rings. The molecule has 5 nitrogen and oxygen atoms in total. The molecule has 1 fully saturated rings. The number of amides is 1. The molecule has 1 amide bonds. The third-order valence-corrected chi connectivity index (χ3v) is 4.62. The van der Waals surface area contributed by atoms with Crippen molar-refractivity contribution >= 4 is 5.91 Å². The molecule has 1 saturated heterocycles. The van der Waals surface area contributed by atoms with E-state index < -0.39 is 0 Å². The molecule has 0 aromatic heterocycles. The van der Waals surface area contributed by atoms with E-state index in [0.717, 1.165) is 45.9 Å². The number of ether oxygens (including phenoxy) is 1. The third-order valence-electron chi connectivity index (χ3n) is 4.62. The maximum Gasteiger partial charge on any atom is 0.234 e. The van der Waals surface area contributed by atoms with Gasteiger partial charge in [0.2, 0.25) is 5.91 Å². The Hall–Kier alpha value is -1.43. The quantitative estimate of drug-likeness (QED) is 0.737. The fourth-order valence-electron chi connectivity index (χ4n) is 3.15.